The van der Waals surface area contributed by atoms with Crippen molar-refractivity contribution in [1.29, 1.82) is 0 Å². The van der Waals surface area contributed by atoms with Crippen LogP contribution in [0.3, 0.4) is 0 Å². The van der Waals surface area contributed by atoms with Crippen LogP contribution >= 0.6 is 0 Å². The Morgan fingerprint density at radius 1 is 1.03 bits per heavy atom. The summed E-state index contributed by atoms with van der Waals surface area (Å²) < 4.78 is 5.50. The molecule has 1 saturated heterocycles. The van der Waals surface area contributed by atoms with Gasteiger partial charge in [-0.3, -0.25) is 9.69 Å². The number of nitrogens with zero attached hydrogens (tertiary/aromatic N) is 2. The Morgan fingerprint density at radius 2 is 1.69 bits per heavy atom. The number of hydrogen-bond acceptors (Lipinski definition) is 4. The third-order valence-corrected chi connectivity index (χ3v) is 6.03. The number of carbonyl (C=O) groups is 1. The highest BCUT2D eigenvalue weighted by atomic mass is 16.5. The number of nitrogens with one attached hydrogen (secondary N) is 1. The van der Waals surface area contributed by atoms with Gasteiger partial charge in [0, 0.05) is 31.9 Å². The van der Waals surface area contributed by atoms with Gasteiger partial charge in [0.2, 0.25) is 5.91 Å². The van der Waals surface area contributed by atoms with Gasteiger partial charge in [0.25, 0.3) is 0 Å². The van der Waals surface area contributed by atoms with Crippen molar-refractivity contribution in [2.24, 2.45) is 0 Å². The molecule has 0 aliphatic carbocycles. The van der Waals surface area contributed by atoms with Crippen molar-refractivity contribution in [1.82, 2.24) is 4.90 Å². The van der Waals surface area contributed by atoms with Crippen LogP contribution in [0.2, 0.25) is 0 Å². The Hall–Kier alpha value is -2.53. The smallest absolute Gasteiger partial charge is 0.241 e. The first-order chi connectivity index (χ1) is 14.0. The van der Waals surface area contributed by atoms with Crippen LogP contribution in [-0.2, 0) is 4.79 Å². The second kappa shape index (κ2) is 9.79. The number of anilines is 2. The molecule has 0 saturated carbocycles. The monoisotopic (exact) mass is 395 g/mol. The van der Waals surface area contributed by atoms with Gasteiger partial charge in [0.05, 0.1) is 18.8 Å². The largest absolute Gasteiger partial charge is 0.495 e. The molecule has 5 heteroatoms. The summed E-state index contributed by atoms with van der Waals surface area (Å²) in [6, 6.07) is 16.1. The van der Waals surface area contributed by atoms with E-state index in [1.165, 1.54) is 5.56 Å². The van der Waals surface area contributed by atoms with E-state index in [0.717, 1.165) is 49.7 Å². The lowest BCUT2D eigenvalue weighted by molar-refractivity contribution is -0.120. The van der Waals surface area contributed by atoms with E-state index in [9.17, 15) is 4.79 Å². The van der Waals surface area contributed by atoms with Crippen LogP contribution in [0.4, 0.5) is 11.4 Å². The van der Waals surface area contributed by atoms with Crippen molar-refractivity contribution in [2.75, 3.05) is 43.5 Å². The predicted octanol–water partition coefficient (Wildman–Crippen LogP) is 4.36. The number of piperazine rings is 1. The fraction of sp³-hybridized carbons (Fsp3) is 0.458. The highest BCUT2D eigenvalue weighted by Gasteiger charge is 2.27. The van der Waals surface area contributed by atoms with E-state index in [0.29, 0.717) is 5.92 Å². The number of ether oxygens (including phenoxy) is 1. The first-order valence-electron chi connectivity index (χ1n) is 10.6. The van der Waals surface area contributed by atoms with E-state index in [1.54, 1.807) is 7.11 Å². The number of methoxy groups -OCH3 is 1. The molecule has 1 N–H and O–H groups in total. The molecule has 29 heavy (non-hydrogen) atoms. The highest BCUT2D eigenvalue weighted by molar-refractivity contribution is 5.95. The molecule has 0 radical (unpaired) electrons. The van der Waals surface area contributed by atoms with Crippen molar-refractivity contribution >= 4 is 17.3 Å². The molecule has 1 aliphatic rings. The Kier molecular flexibility index (Phi) is 7.15. The van der Waals surface area contributed by atoms with E-state index in [4.69, 9.17) is 4.74 Å². The van der Waals surface area contributed by atoms with Gasteiger partial charge in [-0.15, -0.1) is 0 Å². The lowest BCUT2D eigenvalue weighted by Crippen LogP contribution is -2.53. The summed E-state index contributed by atoms with van der Waals surface area (Å²) in [5.41, 5.74) is 3.26. The van der Waals surface area contributed by atoms with Crippen LogP contribution < -0.4 is 15.0 Å². The number of rotatable bonds is 7. The fourth-order valence-electron chi connectivity index (χ4n) is 3.90. The molecular formula is C24H33N3O2. The highest BCUT2D eigenvalue weighted by Crippen LogP contribution is 2.29. The van der Waals surface area contributed by atoms with Crippen LogP contribution in [0.15, 0.2) is 48.5 Å². The van der Waals surface area contributed by atoms with Gasteiger partial charge < -0.3 is 15.0 Å². The summed E-state index contributed by atoms with van der Waals surface area (Å²) in [5, 5.41) is 3.17. The maximum Gasteiger partial charge on any atom is 0.241 e. The average molecular weight is 396 g/mol. The van der Waals surface area contributed by atoms with Gasteiger partial charge >= 0.3 is 0 Å². The van der Waals surface area contributed by atoms with Crippen LogP contribution in [-0.4, -0.2) is 50.1 Å². The SMILES string of the molecule is CC[C@H](C)c1ccccc1NC(=O)[C@H](C)N1CCN(c2ccccc2OC)CC1. The van der Waals surface area contributed by atoms with Gasteiger partial charge in [-0.25, -0.2) is 0 Å². The van der Waals surface area contributed by atoms with E-state index in [2.05, 4.69) is 41.1 Å². The van der Waals surface area contributed by atoms with Gasteiger partial charge in [0.15, 0.2) is 0 Å². The molecule has 5 nitrogen and oxygen atoms in total. The molecule has 1 fully saturated rings. The Balaban J connectivity index is 1.61. The zero-order chi connectivity index (χ0) is 20.8. The molecule has 0 aromatic heterocycles. The van der Waals surface area contributed by atoms with Gasteiger partial charge in [-0.1, -0.05) is 44.2 Å². The summed E-state index contributed by atoms with van der Waals surface area (Å²) in [7, 11) is 1.71. The summed E-state index contributed by atoms with van der Waals surface area (Å²) in [6.45, 7) is 9.82. The van der Waals surface area contributed by atoms with Crippen LogP contribution in [0.1, 0.15) is 38.7 Å². The molecule has 3 rings (SSSR count). The maximum absolute atomic E-state index is 12.9. The number of carbonyl (C=O) groups excluding carboxylic acids is 1. The zero-order valence-corrected chi connectivity index (χ0v) is 18.0. The van der Waals surface area contributed by atoms with E-state index < -0.39 is 0 Å². The Labute approximate surface area is 174 Å². The van der Waals surface area contributed by atoms with Crippen LogP contribution in [0, 0.1) is 0 Å². The summed E-state index contributed by atoms with van der Waals surface area (Å²) in [4.78, 5) is 17.5. The molecule has 0 unspecified atom stereocenters. The molecule has 1 aliphatic heterocycles. The van der Waals surface area contributed by atoms with E-state index in [-0.39, 0.29) is 11.9 Å². The molecule has 0 spiro atoms. The lowest BCUT2D eigenvalue weighted by Gasteiger charge is -2.39. The first-order valence-corrected chi connectivity index (χ1v) is 10.6. The molecule has 2 atom stereocenters. The third-order valence-electron chi connectivity index (χ3n) is 6.03. The summed E-state index contributed by atoms with van der Waals surface area (Å²) in [6.07, 6.45) is 1.05. The maximum atomic E-state index is 12.9. The molecule has 1 heterocycles. The second-order valence-corrected chi connectivity index (χ2v) is 7.76. The molecule has 2 aromatic rings. The van der Waals surface area contributed by atoms with E-state index in [1.807, 2.05) is 43.3 Å². The topological polar surface area (TPSA) is 44.8 Å². The Bertz CT molecular complexity index is 815. The van der Waals surface area contributed by atoms with Crippen molar-refractivity contribution in [3.8, 4) is 5.75 Å². The van der Waals surface area contributed by atoms with Gasteiger partial charge in [0.1, 0.15) is 5.75 Å². The van der Waals surface area contributed by atoms with Crippen molar-refractivity contribution in [3.05, 3.63) is 54.1 Å². The van der Waals surface area contributed by atoms with E-state index >= 15 is 0 Å². The van der Waals surface area contributed by atoms with Crippen LogP contribution in [0.25, 0.3) is 0 Å². The van der Waals surface area contributed by atoms with Crippen molar-refractivity contribution < 1.29 is 9.53 Å². The number of amides is 1. The summed E-state index contributed by atoms with van der Waals surface area (Å²) in [5.74, 6) is 1.38. The average Bonchev–Trinajstić information content (AvgIpc) is 2.78. The number of benzene rings is 2. The van der Waals surface area contributed by atoms with Crippen molar-refractivity contribution in [2.45, 2.75) is 39.2 Å². The van der Waals surface area contributed by atoms with Crippen molar-refractivity contribution in [3.63, 3.8) is 0 Å². The fourth-order valence-corrected chi connectivity index (χ4v) is 3.90. The molecule has 0 bridgehead atoms. The third kappa shape index (κ3) is 4.91. The molecular weight excluding hydrogens is 362 g/mol. The van der Waals surface area contributed by atoms with Crippen LogP contribution in [0.5, 0.6) is 5.75 Å². The predicted molar refractivity (Wildman–Crippen MR) is 120 cm³/mol. The minimum Gasteiger partial charge on any atom is -0.495 e. The number of para-hydroxylation sites is 3. The molecule has 2 aromatic carbocycles. The zero-order valence-electron chi connectivity index (χ0n) is 18.0. The summed E-state index contributed by atoms with van der Waals surface area (Å²) >= 11 is 0. The molecule has 1 amide bonds. The van der Waals surface area contributed by atoms with Gasteiger partial charge in [-0.05, 0) is 43.0 Å². The minimum absolute atomic E-state index is 0.0616. The lowest BCUT2D eigenvalue weighted by atomic mass is 9.97. The second-order valence-electron chi connectivity index (χ2n) is 7.76. The number of hydrogen-bond donors (Lipinski definition) is 1. The van der Waals surface area contributed by atoms with Gasteiger partial charge in [-0.2, -0.15) is 0 Å². The first kappa shape index (κ1) is 21.2. The standard InChI is InChI=1S/C24H33N3O2/c1-5-18(2)20-10-6-7-11-21(20)25-24(28)19(3)26-14-16-27(17-15-26)22-12-8-9-13-23(22)29-4/h6-13,18-19H,5,14-17H2,1-4H3,(H,25,28)/t18-,19-/m0/s1. The Morgan fingerprint density at radius 3 is 2.38 bits per heavy atom. The molecule has 156 valence electrons. The normalized spacial score (nSPS) is 16.9. The minimum atomic E-state index is -0.167. The quantitative estimate of drug-likeness (QED) is 0.757.